The minimum absolute atomic E-state index is 0.0364. The van der Waals surface area contributed by atoms with Crippen molar-refractivity contribution in [3.05, 3.63) is 40.1 Å². The van der Waals surface area contributed by atoms with Crippen LogP contribution in [0.3, 0.4) is 0 Å². The zero-order valence-corrected chi connectivity index (χ0v) is 7.91. The number of H-pyrrole nitrogens is 1. The van der Waals surface area contributed by atoms with Crippen molar-refractivity contribution in [2.45, 2.75) is 0 Å². The normalized spacial score (nSPS) is 9.69. The largest absolute Gasteiger partial charge is 0.278 e. The van der Waals surface area contributed by atoms with Crippen LogP contribution in [0.25, 0.3) is 11.3 Å². The monoisotopic (exact) mass is 215 g/mol. The van der Waals surface area contributed by atoms with Gasteiger partial charge in [-0.2, -0.15) is 15.6 Å². The van der Waals surface area contributed by atoms with E-state index in [2.05, 4.69) is 15.4 Å². The van der Waals surface area contributed by atoms with E-state index in [-0.39, 0.29) is 22.6 Å². The average molecular weight is 215 g/mol. The number of nitro groups is 1. The molecule has 2 aromatic rings. The Balaban J connectivity index is 2.66. The van der Waals surface area contributed by atoms with E-state index >= 15 is 0 Å². The highest BCUT2D eigenvalue weighted by molar-refractivity contribution is 5.73. The topological polar surface area (TPSA) is 108 Å². The second-order valence-corrected chi connectivity index (χ2v) is 2.91. The first-order valence-corrected chi connectivity index (χ1v) is 4.28. The Morgan fingerprint density at radius 1 is 1.38 bits per heavy atom. The minimum Gasteiger partial charge on any atom is -0.258 e. The third kappa shape index (κ3) is 1.48. The average Bonchev–Trinajstić information content (AvgIpc) is 2.76. The van der Waals surface area contributed by atoms with Crippen molar-refractivity contribution in [3.8, 4) is 17.3 Å². The standard InChI is InChI=1S/C9H5N5O2/c10-5-7-9(12-13-11-7)6-3-1-2-4-8(6)14(15)16/h1-4H,(H,11,12,13). The maximum Gasteiger partial charge on any atom is 0.278 e. The van der Waals surface area contributed by atoms with Crippen LogP contribution in [0.4, 0.5) is 5.69 Å². The number of nitro benzene ring substituents is 1. The van der Waals surface area contributed by atoms with Gasteiger partial charge in [-0.25, -0.2) is 0 Å². The maximum absolute atomic E-state index is 10.8. The summed E-state index contributed by atoms with van der Waals surface area (Å²) in [6.45, 7) is 0. The number of hydrogen-bond donors (Lipinski definition) is 1. The third-order valence-corrected chi connectivity index (χ3v) is 2.01. The fourth-order valence-corrected chi connectivity index (χ4v) is 1.33. The Hall–Kier alpha value is -2.75. The lowest BCUT2D eigenvalue weighted by atomic mass is 10.1. The van der Waals surface area contributed by atoms with Crippen molar-refractivity contribution in [1.82, 2.24) is 15.4 Å². The first-order chi connectivity index (χ1) is 7.74. The van der Waals surface area contributed by atoms with Crippen molar-refractivity contribution in [3.63, 3.8) is 0 Å². The van der Waals surface area contributed by atoms with Crippen molar-refractivity contribution in [1.29, 1.82) is 5.26 Å². The molecule has 16 heavy (non-hydrogen) atoms. The van der Waals surface area contributed by atoms with Gasteiger partial charge >= 0.3 is 0 Å². The second-order valence-electron chi connectivity index (χ2n) is 2.91. The van der Waals surface area contributed by atoms with E-state index in [1.165, 1.54) is 12.1 Å². The van der Waals surface area contributed by atoms with E-state index in [4.69, 9.17) is 5.26 Å². The number of nitriles is 1. The van der Waals surface area contributed by atoms with Crippen LogP contribution in [0.5, 0.6) is 0 Å². The first kappa shape index (κ1) is 9.79. The van der Waals surface area contributed by atoms with Crippen molar-refractivity contribution < 1.29 is 4.92 Å². The number of aromatic amines is 1. The number of nitrogens with one attached hydrogen (secondary N) is 1. The molecule has 1 aromatic heterocycles. The van der Waals surface area contributed by atoms with Crippen LogP contribution in [0.1, 0.15) is 5.69 Å². The molecule has 7 heteroatoms. The fraction of sp³-hybridized carbons (Fsp3) is 0. The van der Waals surface area contributed by atoms with Gasteiger partial charge in [-0.3, -0.25) is 10.1 Å². The van der Waals surface area contributed by atoms with E-state index in [1.807, 2.05) is 6.07 Å². The van der Waals surface area contributed by atoms with Gasteiger partial charge < -0.3 is 0 Å². The van der Waals surface area contributed by atoms with E-state index in [0.717, 1.165) is 0 Å². The fourth-order valence-electron chi connectivity index (χ4n) is 1.33. The second kappa shape index (κ2) is 3.78. The highest BCUT2D eigenvalue weighted by atomic mass is 16.6. The zero-order valence-electron chi connectivity index (χ0n) is 7.91. The molecule has 0 amide bonds. The molecular weight excluding hydrogens is 210 g/mol. The number of benzene rings is 1. The lowest BCUT2D eigenvalue weighted by molar-refractivity contribution is -0.384. The molecule has 0 fully saturated rings. The molecule has 2 rings (SSSR count). The summed E-state index contributed by atoms with van der Waals surface area (Å²) in [5.41, 5.74) is 0.398. The number of nitrogens with zero attached hydrogens (tertiary/aromatic N) is 4. The molecule has 1 aromatic carbocycles. The van der Waals surface area contributed by atoms with E-state index in [0.29, 0.717) is 0 Å². The van der Waals surface area contributed by atoms with Gasteiger partial charge in [0.1, 0.15) is 11.8 Å². The van der Waals surface area contributed by atoms with E-state index in [9.17, 15) is 10.1 Å². The summed E-state index contributed by atoms with van der Waals surface area (Å²) >= 11 is 0. The summed E-state index contributed by atoms with van der Waals surface area (Å²) < 4.78 is 0. The molecule has 0 bridgehead atoms. The van der Waals surface area contributed by atoms with Gasteiger partial charge in [0, 0.05) is 6.07 Å². The molecule has 0 unspecified atom stereocenters. The summed E-state index contributed by atoms with van der Waals surface area (Å²) in [5.74, 6) is 0. The van der Waals surface area contributed by atoms with Gasteiger partial charge in [-0.05, 0) is 6.07 Å². The Labute approximate surface area is 89.5 Å². The number of para-hydroxylation sites is 1. The van der Waals surface area contributed by atoms with Gasteiger partial charge in [0.25, 0.3) is 5.69 Å². The lowest BCUT2D eigenvalue weighted by Crippen LogP contribution is -1.93. The molecule has 0 aliphatic carbocycles. The summed E-state index contributed by atoms with van der Waals surface area (Å²) in [7, 11) is 0. The van der Waals surface area contributed by atoms with Crippen LogP contribution in [-0.2, 0) is 0 Å². The van der Waals surface area contributed by atoms with Gasteiger partial charge in [-0.15, -0.1) is 5.10 Å². The summed E-state index contributed by atoms with van der Waals surface area (Å²) in [6, 6.07) is 7.88. The van der Waals surface area contributed by atoms with Gasteiger partial charge in [0.05, 0.1) is 10.5 Å². The van der Waals surface area contributed by atoms with Crippen LogP contribution < -0.4 is 0 Å². The van der Waals surface area contributed by atoms with Crippen LogP contribution in [-0.4, -0.2) is 20.3 Å². The number of rotatable bonds is 2. The SMILES string of the molecule is N#Cc1n[nH]nc1-c1ccccc1[N+](=O)[O-]. The Morgan fingerprint density at radius 3 is 2.81 bits per heavy atom. The number of aromatic nitrogens is 3. The predicted octanol–water partition coefficient (Wildman–Crippen LogP) is 1.25. The molecule has 0 aliphatic heterocycles. The maximum atomic E-state index is 10.8. The molecule has 0 saturated heterocycles. The van der Waals surface area contributed by atoms with Gasteiger partial charge in [0.15, 0.2) is 5.69 Å². The number of hydrogen-bond acceptors (Lipinski definition) is 5. The smallest absolute Gasteiger partial charge is 0.258 e. The van der Waals surface area contributed by atoms with Crippen molar-refractivity contribution >= 4 is 5.69 Å². The molecule has 0 atom stereocenters. The van der Waals surface area contributed by atoms with E-state index < -0.39 is 4.92 Å². The molecule has 0 saturated carbocycles. The molecule has 1 heterocycles. The lowest BCUT2D eigenvalue weighted by Gasteiger charge is -1.97. The molecule has 1 N–H and O–H groups in total. The highest BCUT2D eigenvalue weighted by Crippen LogP contribution is 2.28. The third-order valence-electron chi connectivity index (χ3n) is 2.01. The van der Waals surface area contributed by atoms with Crippen molar-refractivity contribution in [2.75, 3.05) is 0 Å². The minimum atomic E-state index is -0.523. The van der Waals surface area contributed by atoms with Crippen LogP contribution in [0.15, 0.2) is 24.3 Å². The predicted molar refractivity (Wildman–Crippen MR) is 53.2 cm³/mol. The summed E-state index contributed by atoms with van der Waals surface area (Å²) in [4.78, 5) is 10.3. The molecule has 78 valence electrons. The molecule has 7 nitrogen and oxygen atoms in total. The molecular formula is C9H5N5O2. The summed E-state index contributed by atoms with van der Waals surface area (Å²) in [5, 5.41) is 29.1. The Bertz CT molecular complexity index is 584. The van der Waals surface area contributed by atoms with E-state index in [1.54, 1.807) is 12.1 Å². The molecule has 0 radical (unpaired) electrons. The Morgan fingerprint density at radius 2 is 2.12 bits per heavy atom. The van der Waals surface area contributed by atoms with Gasteiger partial charge in [0.2, 0.25) is 0 Å². The molecule has 0 aliphatic rings. The van der Waals surface area contributed by atoms with Gasteiger partial charge in [-0.1, -0.05) is 12.1 Å². The Kier molecular flexibility index (Phi) is 2.31. The van der Waals surface area contributed by atoms with Crippen LogP contribution in [0.2, 0.25) is 0 Å². The van der Waals surface area contributed by atoms with Crippen LogP contribution >= 0.6 is 0 Å². The van der Waals surface area contributed by atoms with Crippen LogP contribution in [0, 0.1) is 21.4 Å². The zero-order chi connectivity index (χ0) is 11.5. The van der Waals surface area contributed by atoms with Crippen molar-refractivity contribution in [2.24, 2.45) is 0 Å². The quantitative estimate of drug-likeness (QED) is 0.598. The summed E-state index contributed by atoms with van der Waals surface area (Å²) in [6.07, 6.45) is 0. The molecule has 0 spiro atoms. The first-order valence-electron chi connectivity index (χ1n) is 4.28. The highest BCUT2D eigenvalue weighted by Gasteiger charge is 2.19.